The van der Waals surface area contributed by atoms with Crippen LogP contribution < -0.4 is 4.90 Å². The summed E-state index contributed by atoms with van der Waals surface area (Å²) in [6.07, 6.45) is 2.20. The molecule has 148 valence electrons. The second-order valence-corrected chi connectivity index (χ2v) is 7.35. The zero-order chi connectivity index (χ0) is 20.1. The van der Waals surface area contributed by atoms with Crippen LogP contribution in [0.5, 0.6) is 0 Å². The van der Waals surface area contributed by atoms with Crippen molar-refractivity contribution in [2.75, 3.05) is 18.0 Å². The lowest BCUT2D eigenvalue weighted by Crippen LogP contribution is -2.47. The summed E-state index contributed by atoms with van der Waals surface area (Å²) in [5.41, 5.74) is 3.02. The van der Waals surface area contributed by atoms with E-state index in [1.807, 2.05) is 49.1 Å². The maximum absolute atomic E-state index is 12.7. The summed E-state index contributed by atoms with van der Waals surface area (Å²) in [6.45, 7) is 6.13. The third-order valence-corrected chi connectivity index (χ3v) is 5.36. The molecule has 1 aliphatic rings. The number of likely N-dealkylation sites (tertiary alicyclic amines) is 1. The van der Waals surface area contributed by atoms with Crippen molar-refractivity contribution >= 4 is 17.3 Å². The Balaban J connectivity index is 1.69. The fourth-order valence-corrected chi connectivity index (χ4v) is 3.91. The van der Waals surface area contributed by atoms with Crippen LogP contribution >= 0.6 is 0 Å². The highest BCUT2D eigenvalue weighted by Crippen LogP contribution is 2.27. The van der Waals surface area contributed by atoms with Crippen molar-refractivity contribution in [1.29, 1.82) is 0 Å². The average molecular weight is 381 g/mol. The van der Waals surface area contributed by atoms with Crippen LogP contribution in [-0.2, 0) is 11.3 Å². The average Bonchev–Trinajstić information content (AvgIpc) is 2.69. The first-order chi connectivity index (χ1) is 13.5. The van der Waals surface area contributed by atoms with Crippen molar-refractivity contribution in [3.63, 3.8) is 0 Å². The van der Waals surface area contributed by atoms with E-state index in [1.54, 1.807) is 12.1 Å². The maximum Gasteiger partial charge on any atom is 0.273 e. The Bertz CT molecular complexity index is 844. The molecule has 0 spiro atoms. The summed E-state index contributed by atoms with van der Waals surface area (Å²) in [5, 5.41) is 11.2. The molecule has 1 amide bonds. The molecule has 1 heterocycles. The number of anilines is 1. The molecule has 1 aliphatic heterocycles. The summed E-state index contributed by atoms with van der Waals surface area (Å²) < 4.78 is 0. The number of piperidine rings is 1. The summed E-state index contributed by atoms with van der Waals surface area (Å²) in [6, 6.07) is 15.2. The Morgan fingerprint density at radius 1 is 1.18 bits per heavy atom. The first-order valence-electron chi connectivity index (χ1n) is 9.83. The predicted octanol–water partition coefficient (Wildman–Crippen LogP) is 4.31. The SMILES string of the molecule is CCC(=O)N(c1cccc(C)c1)C1CCN(Cc2ccccc2[N+](=O)[O-])CC1. The Kier molecular flexibility index (Phi) is 6.41. The van der Waals surface area contributed by atoms with E-state index in [4.69, 9.17) is 0 Å². The Hall–Kier alpha value is -2.73. The molecule has 0 saturated carbocycles. The van der Waals surface area contributed by atoms with Crippen LogP contribution in [0.1, 0.15) is 37.3 Å². The molecule has 0 atom stereocenters. The molecule has 1 saturated heterocycles. The van der Waals surface area contributed by atoms with Crippen LogP contribution in [-0.4, -0.2) is 34.9 Å². The zero-order valence-electron chi connectivity index (χ0n) is 16.5. The van der Waals surface area contributed by atoms with Crippen molar-refractivity contribution in [3.05, 3.63) is 69.8 Å². The van der Waals surface area contributed by atoms with Gasteiger partial charge in [-0.15, -0.1) is 0 Å². The van der Waals surface area contributed by atoms with Crippen molar-refractivity contribution in [2.45, 2.75) is 45.7 Å². The molecule has 0 unspecified atom stereocenters. The van der Waals surface area contributed by atoms with Crippen LogP contribution in [0, 0.1) is 17.0 Å². The van der Waals surface area contributed by atoms with E-state index in [9.17, 15) is 14.9 Å². The Labute approximate surface area is 165 Å². The summed E-state index contributed by atoms with van der Waals surface area (Å²) in [7, 11) is 0. The smallest absolute Gasteiger partial charge is 0.273 e. The highest BCUT2D eigenvalue weighted by Gasteiger charge is 2.29. The number of amides is 1. The number of aryl methyl sites for hydroxylation is 1. The topological polar surface area (TPSA) is 66.7 Å². The highest BCUT2D eigenvalue weighted by atomic mass is 16.6. The monoisotopic (exact) mass is 381 g/mol. The summed E-state index contributed by atoms with van der Waals surface area (Å²) in [5.74, 6) is 0.141. The fourth-order valence-electron chi connectivity index (χ4n) is 3.91. The number of hydrogen-bond acceptors (Lipinski definition) is 4. The molecule has 6 heteroatoms. The van der Waals surface area contributed by atoms with Crippen molar-refractivity contribution in [3.8, 4) is 0 Å². The van der Waals surface area contributed by atoms with Gasteiger partial charge in [0.1, 0.15) is 0 Å². The first kappa shape index (κ1) is 20.0. The van der Waals surface area contributed by atoms with Crippen LogP contribution in [0.25, 0.3) is 0 Å². The lowest BCUT2D eigenvalue weighted by molar-refractivity contribution is -0.385. The second-order valence-electron chi connectivity index (χ2n) is 7.35. The predicted molar refractivity (Wildman–Crippen MR) is 110 cm³/mol. The van der Waals surface area contributed by atoms with Crippen molar-refractivity contribution in [2.24, 2.45) is 0 Å². The Morgan fingerprint density at radius 2 is 1.89 bits per heavy atom. The van der Waals surface area contributed by atoms with E-state index in [2.05, 4.69) is 11.0 Å². The minimum absolute atomic E-state index is 0.141. The maximum atomic E-state index is 12.7. The van der Waals surface area contributed by atoms with E-state index in [-0.39, 0.29) is 22.6 Å². The number of carbonyl (C=O) groups is 1. The minimum Gasteiger partial charge on any atom is -0.309 e. The van der Waals surface area contributed by atoms with E-state index < -0.39 is 0 Å². The van der Waals surface area contributed by atoms with Crippen LogP contribution in [0.15, 0.2) is 48.5 Å². The number of nitro benzene ring substituents is 1. The van der Waals surface area contributed by atoms with Gasteiger partial charge in [-0.3, -0.25) is 19.8 Å². The third-order valence-electron chi connectivity index (χ3n) is 5.36. The molecule has 2 aromatic rings. The molecule has 0 bridgehead atoms. The summed E-state index contributed by atoms with van der Waals surface area (Å²) >= 11 is 0. The van der Waals surface area contributed by atoms with Crippen LogP contribution in [0.2, 0.25) is 0 Å². The quantitative estimate of drug-likeness (QED) is 0.552. The van der Waals surface area contributed by atoms with E-state index >= 15 is 0 Å². The number of para-hydroxylation sites is 1. The van der Waals surface area contributed by atoms with Gasteiger partial charge in [0, 0.05) is 49.4 Å². The van der Waals surface area contributed by atoms with Gasteiger partial charge in [0.25, 0.3) is 5.69 Å². The van der Waals surface area contributed by atoms with Gasteiger partial charge in [0.05, 0.1) is 4.92 Å². The second kappa shape index (κ2) is 8.97. The number of rotatable bonds is 6. The van der Waals surface area contributed by atoms with Gasteiger partial charge in [-0.25, -0.2) is 0 Å². The Morgan fingerprint density at radius 3 is 2.54 bits per heavy atom. The number of benzene rings is 2. The molecule has 0 radical (unpaired) electrons. The molecule has 0 N–H and O–H groups in total. The van der Waals surface area contributed by atoms with Crippen LogP contribution in [0.3, 0.4) is 0 Å². The number of nitrogens with zero attached hydrogens (tertiary/aromatic N) is 3. The van der Waals surface area contributed by atoms with E-state index in [0.29, 0.717) is 13.0 Å². The molecular formula is C22H27N3O3. The van der Waals surface area contributed by atoms with Gasteiger partial charge in [-0.05, 0) is 37.5 Å². The number of carbonyl (C=O) groups excluding carboxylic acids is 1. The number of hydrogen-bond donors (Lipinski definition) is 0. The van der Waals surface area contributed by atoms with Gasteiger partial charge >= 0.3 is 0 Å². The fraction of sp³-hybridized carbons (Fsp3) is 0.409. The highest BCUT2D eigenvalue weighted by molar-refractivity contribution is 5.93. The lowest BCUT2D eigenvalue weighted by Gasteiger charge is -2.38. The summed E-state index contributed by atoms with van der Waals surface area (Å²) in [4.78, 5) is 27.8. The van der Waals surface area contributed by atoms with Gasteiger partial charge in [-0.2, -0.15) is 0 Å². The normalized spacial score (nSPS) is 15.4. The molecule has 1 fully saturated rings. The van der Waals surface area contributed by atoms with Crippen molar-refractivity contribution in [1.82, 2.24) is 4.90 Å². The van der Waals surface area contributed by atoms with Gasteiger partial charge in [0.2, 0.25) is 5.91 Å². The molecule has 0 aromatic heterocycles. The first-order valence-corrected chi connectivity index (χ1v) is 9.83. The number of nitro groups is 1. The standard InChI is InChI=1S/C22H27N3O3/c1-3-22(26)24(20-9-6-7-17(2)15-20)19-11-13-23(14-12-19)16-18-8-4-5-10-21(18)25(27)28/h4-10,15,19H,3,11-14,16H2,1-2H3. The molecule has 3 rings (SSSR count). The molecule has 6 nitrogen and oxygen atoms in total. The van der Waals surface area contributed by atoms with Crippen molar-refractivity contribution < 1.29 is 9.72 Å². The van der Waals surface area contributed by atoms with E-state index in [1.165, 1.54) is 0 Å². The van der Waals surface area contributed by atoms with E-state index in [0.717, 1.165) is 42.7 Å². The molecule has 2 aromatic carbocycles. The van der Waals surface area contributed by atoms with Crippen LogP contribution in [0.4, 0.5) is 11.4 Å². The largest absolute Gasteiger partial charge is 0.309 e. The molecule has 0 aliphatic carbocycles. The molecular weight excluding hydrogens is 354 g/mol. The minimum atomic E-state index is -0.318. The molecule has 28 heavy (non-hydrogen) atoms. The lowest BCUT2D eigenvalue weighted by atomic mass is 10.0. The van der Waals surface area contributed by atoms with Gasteiger partial charge in [0.15, 0.2) is 0 Å². The zero-order valence-corrected chi connectivity index (χ0v) is 16.5. The third kappa shape index (κ3) is 4.57. The van der Waals surface area contributed by atoms with Gasteiger partial charge < -0.3 is 4.90 Å². The van der Waals surface area contributed by atoms with Gasteiger partial charge in [-0.1, -0.05) is 37.3 Å².